The molecule has 0 bridgehead atoms. The van der Waals surface area contributed by atoms with Gasteiger partial charge >= 0.3 is 0 Å². The van der Waals surface area contributed by atoms with Crippen LogP contribution in [0.1, 0.15) is 19.9 Å². The van der Waals surface area contributed by atoms with Gasteiger partial charge in [-0.05, 0) is 44.2 Å². The maximum Gasteiger partial charge on any atom is 0.277 e. The summed E-state index contributed by atoms with van der Waals surface area (Å²) in [7, 11) is 0. The molecule has 4 nitrogen and oxygen atoms in total. The van der Waals surface area contributed by atoms with Gasteiger partial charge in [0.1, 0.15) is 11.4 Å². The molecule has 0 aliphatic rings. The number of nitrogens with zero attached hydrogens (tertiary/aromatic N) is 3. The van der Waals surface area contributed by atoms with E-state index in [2.05, 4.69) is 47.5 Å². The standard InChI is InChI=1S/C21H20N3O.HI/c1-16(2)23-15-24(17-9-5-3-6-10-17)21-19(23)13-14-20(22-21)25-18-11-7-4-8-12-18;/h3-16H,1-2H3;1H/q+1;/p-1. The van der Waals surface area contributed by atoms with E-state index in [0.29, 0.717) is 11.9 Å². The monoisotopic (exact) mass is 457 g/mol. The lowest BCUT2D eigenvalue weighted by molar-refractivity contribution is -0.691. The molecular weight excluding hydrogens is 437 g/mol. The van der Waals surface area contributed by atoms with Crippen molar-refractivity contribution in [3.63, 3.8) is 0 Å². The third kappa shape index (κ3) is 3.58. The molecule has 0 spiro atoms. The van der Waals surface area contributed by atoms with E-state index in [1.165, 1.54) is 0 Å². The van der Waals surface area contributed by atoms with Crippen LogP contribution in [0.4, 0.5) is 0 Å². The van der Waals surface area contributed by atoms with Gasteiger partial charge < -0.3 is 28.7 Å². The number of pyridine rings is 1. The van der Waals surface area contributed by atoms with Gasteiger partial charge in [-0.2, -0.15) is 9.55 Å². The molecule has 2 heterocycles. The second kappa shape index (κ2) is 7.86. The highest BCUT2D eigenvalue weighted by molar-refractivity contribution is 5.70. The molecule has 5 heteroatoms. The summed E-state index contributed by atoms with van der Waals surface area (Å²) in [6, 6.07) is 24.3. The van der Waals surface area contributed by atoms with E-state index in [1.54, 1.807) is 0 Å². The molecule has 0 radical (unpaired) electrons. The topological polar surface area (TPSA) is 30.9 Å². The van der Waals surface area contributed by atoms with Crippen molar-refractivity contribution in [2.24, 2.45) is 0 Å². The first kappa shape index (κ1) is 18.4. The Morgan fingerprint density at radius 3 is 2.19 bits per heavy atom. The van der Waals surface area contributed by atoms with Crippen molar-refractivity contribution in [1.82, 2.24) is 9.55 Å². The minimum absolute atomic E-state index is 0. The molecule has 4 rings (SSSR count). The summed E-state index contributed by atoms with van der Waals surface area (Å²) >= 11 is 0. The van der Waals surface area contributed by atoms with Crippen LogP contribution in [0.3, 0.4) is 0 Å². The Hall–Kier alpha value is -2.41. The first-order valence-electron chi connectivity index (χ1n) is 8.44. The maximum atomic E-state index is 5.91. The molecule has 0 fully saturated rings. The number of aromatic nitrogens is 3. The van der Waals surface area contributed by atoms with Crippen LogP contribution in [0.2, 0.25) is 0 Å². The molecular formula is C21H20IN3O. The second-order valence-electron chi connectivity index (χ2n) is 6.23. The van der Waals surface area contributed by atoms with Gasteiger partial charge in [-0.1, -0.05) is 36.4 Å². The predicted molar refractivity (Wildman–Crippen MR) is 98.2 cm³/mol. The number of imidazole rings is 1. The highest BCUT2D eigenvalue weighted by Gasteiger charge is 2.21. The van der Waals surface area contributed by atoms with Gasteiger partial charge in [0.25, 0.3) is 12.0 Å². The first-order valence-corrected chi connectivity index (χ1v) is 8.44. The summed E-state index contributed by atoms with van der Waals surface area (Å²) in [6.07, 6.45) is 2.10. The Kier molecular flexibility index (Phi) is 5.56. The summed E-state index contributed by atoms with van der Waals surface area (Å²) in [6.45, 7) is 4.34. The molecule has 2 aromatic heterocycles. The van der Waals surface area contributed by atoms with Crippen molar-refractivity contribution in [2.45, 2.75) is 19.9 Å². The van der Waals surface area contributed by atoms with E-state index < -0.39 is 0 Å². The SMILES string of the molecule is CC(C)[n+]1cn(-c2ccccc2)c2nc(Oc3ccccc3)ccc21.[I-]. The molecule has 2 aromatic carbocycles. The third-order valence-corrected chi connectivity index (χ3v) is 4.13. The zero-order valence-corrected chi connectivity index (χ0v) is 16.9. The maximum absolute atomic E-state index is 5.91. The number of para-hydroxylation sites is 2. The summed E-state index contributed by atoms with van der Waals surface area (Å²) in [5.41, 5.74) is 3.05. The van der Waals surface area contributed by atoms with Crippen LogP contribution in [0.15, 0.2) is 79.1 Å². The molecule has 0 unspecified atom stereocenters. The number of fused-ring (bicyclic) bond motifs is 1. The van der Waals surface area contributed by atoms with Gasteiger partial charge in [0.15, 0.2) is 5.52 Å². The van der Waals surface area contributed by atoms with E-state index in [4.69, 9.17) is 9.72 Å². The predicted octanol–water partition coefficient (Wildman–Crippen LogP) is 1.69. The summed E-state index contributed by atoms with van der Waals surface area (Å²) < 4.78 is 10.2. The fraction of sp³-hybridized carbons (Fsp3) is 0.143. The first-order chi connectivity index (χ1) is 12.2. The fourth-order valence-electron chi connectivity index (χ4n) is 2.90. The van der Waals surface area contributed by atoms with Gasteiger partial charge in [0, 0.05) is 6.07 Å². The minimum Gasteiger partial charge on any atom is -1.00 e. The largest absolute Gasteiger partial charge is 1.00 e. The van der Waals surface area contributed by atoms with Crippen molar-refractivity contribution < 1.29 is 33.3 Å². The van der Waals surface area contributed by atoms with Crippen molar-refractivity contribution >= 4 is 11.2 Å². The van der Waals surface area contributed by atoms with Gasteiger partial charge in [-0.15, -0.1) is 0 Å². The van der Waals surface area contributed by atoms with Gasteiger partial charge in [0.2, 0.25) is 5.88 Å². The average Bonchev–Trinajstić information content (AvgIpc) is 3.02. The Bertz CT molecular complexity index is 998. The van der Waals surface area contributed by atoms with Crippen LogP contribution >= 0.6 is 0 Å². The minimum atomic E-state index is 0. The van der Waals surface area contributed by atoms with Crippen LogP contribution in [-0.2, 0) is 0 Å². The fourth-order valence-corrected chi connectivity index (χ4v) is 2.90. The van der Waals surface area contributed by atoms with Crippen LogP contribution < -0.4 is 33.3 Å². The van der Waals surface area contributed by atoms with Crippen LogP contribution in [0.25, 0.3) is 16.9 Å². The van der Waals surface area contributed by atoms with Crippen molar-refractivity contribution in [3.05, 3.63) is 79.1 Å². The molecule has 0 N–H and O–H groups in total. The molecule has 0 saturated heterocycles. The van der Waals surface area contributed by atoms with Crippen molar-refractivity contribution in [1.29, 1.82) is 0 Å². The molecule has 0 aliphatic heterocycles. The zero-order chi connectivity index (χ0) is 17.2. The Morgan fingerprint density at radius 2 is 1.54 bits per heavy atom. The second-order valence-corrected chi connectivity index (χ2v) is 6.23. The van der Waals surface area contributed by atoms with E-state index in [0.717, 1.165) is 22.6 Å². The Labute approximate surface area is 170 Å². The van der Waals surface area contributed by atoms with E-state index in [-0.39, 0.29) is 24.0 Å². The molecule has 0 aliphatic carbocycles. The zero-order valence-electron chi connectivity index (χ0n) is 14.7. The number of benzene rings is 2. The normalized spacial score (nSPS) is 10.7. The lowest BCUT2D eigenvalue weighted by Crippen LogP contribution is -3.00. The molecule has 132 valence electrons. The lowest BCUT2D eigenvalue weighted by Gasteiger charge is -2.04. The van der Waals surface area contributed by atoms with Crippen LogP contribution in [0.5, 0.6) is 11.6 Å². The van der Waals surface area contributed by atoms with Crippen molar-refractivity contribution in [3.8, 4) is 17.3 Å². The van der Waals surface area contributed by atoms with E-state index in [1.807, 2.05) is 54.6 Å². The highest BCUT2D eigenvalue weighted by atomic mass is 127. The summed E-state index contributed by atoms with van der Waals surface area (Å²) in [5.74, 6) is 1.37. The van der Waals surface area contributed by atoms with Crippen LogP contribution in [0, 0.1) is 0 Å². The highest BCUT2D eigenvalue weighted by Crippen LogP contribution is 2.23. The van der Waals surface area contributed by atoms with Crippen molar-refractivity contribution in [2.75, 3.05) is 0 Å². The number of hydrogen-bond acceptors (Lipinski definition) is 2. The van der Waals surface area contributed by atoms with Gasteiger partial charge in [0.05, 0.1) is 6.04 Å². The number of hydrogen-bond donors (Lipinski definition) is 0. The van der Waals surface area contributed by atoms with E-state index in [9.17, 15) is 0 Å². The molecule has 0 saturated carbocycles. The number of rotatable bonds is 4. The summed E-state index contributed by atoms with van der Waals surface area (Å²) in [4.78, 5) is 4.77. The molecule has 26 heavy (non-hydrogen) atoms. The van der Waals surface area contributed by atoms with Crippen LogP contribution in [-0.4, -0.2) is 9.55 Å². The molecule has 0 amide bonds. The van der Waals surface area contributed by atoms with Gasteiger partial charge in [-0.25, -0.2) is 4.57 Å². The molecule has 4 aromatic rings. The average molecular weight is 457 g/mol. The number of halogens is 1. The Balaban J connectivity index is 0.00000196. The molecule has 0 atom stereocenters. The lowest BCUT2D eigenvalue weighted by atomic mass is 10.3. The quantitative estimate of drug-likeness (QED) is 0.345. The number of ether oxygens (including phenoxy) is 1. The van der Waals surface area contributed by atoms with E-state index >= 15 is 0 Å². The smallest absolute Gasteiger partial charge is 0.277 e. The Morgan fingerprint density at radius 1 is 0.885 bits per heavy atom. The summed E-state index contributed by atoms with van der Waals surface area (Å²) in [5, 5.41) is 0. The van der Waals surface area contributed by atoms with Gasteiger partial charge in [-0.3, -0.25) is 0 Å². The third-order valence-electron chi connectivity index (χ3n) is 4.13.